The van der Waals surface area contributed by atoms with E-state index in [1.54, 1.807) is 29.1 Å². The summed E-state index contributed by atoms with van der Waals surface area (Å²) in [6.07, 6.45) is 4.16. The number of nitriles is 1. The van der Waals surface area contributed by atoms with Gasteiger partial charge in [-0.05, 0) is 48.4 Å². The first-order chi connectivity index (χ1) is 17.3. The minimum Gasteiger partial charge on any atom is -0.324 e. The number of pyridine rings is 1. The number of anilines is 2. The molecule has 1 aromatic carbocycles. The Hall–Kier alpha value is -4.29. The van der Waals surface area contributed by atoms with E-state index in [1.165, 1.54) is 15.8 Å². The third kappa shape index (κ3) is 4.16. The zero-order chi connectivity index (χ0) is 25.4. The lowest BCUT2D eigenvalue weighted by Gasteiger charge is -2.21. The first-order valence-corrected chi connectivity index (χ1v) is 11.9. The summed E-state index contributed by atoms with van der Waals surface area (Å²) in [5.74, 6) is 0.879. The lowest BCUT2D eigenvalue weighted by molar-refractivity contribution is 0.553. The van der Waals surface area contributed by atoms with Crippen molar-refractivity contribution < 1.29 is 0 Å². The molecule has 0 saturated heterocycles. The number of rotatable bonds is 5. The van der Waals surface area contributed by atoms with Crippen molar-refractivity contribution in [2.45, 2.75) is 45.7 Å². The first kappa shape index (κ1) is 23.5. The number of allylic oxidation sites excluding steroid dienone is 1. The summed E-state index contributed by atoms with van der Waals surface area (Å²) in [5.41, 5.74) is 4.46. The molecule has 0 aliphatic carbocycles. The minimum absolute atomic E-state index is 0.235. The van der Waals surface area contributed by atoms with Crippen molar-refractivity contribution in [3.8, 4) is 11.9 Å². The van der Waals surface area contributed by atoms with Gasteiger partial charge in [0.2, 0.25) is 5.95 Å². The smallest absolute Gasteiger partial charge is 0.278 e. The Labute approximate surface area is 209 Å². The van der Waals surface area contributed by atoms with Crippen LogP contribution in [0.5, 0.6) is 0 Å². The quantitative estimate of drug-likeness (QED) is 0.419. The molecule has 0 atom stereocenters. The molecule has 0 bridgehead atoms. The van der Waals surface area contributed by atoms with Crippen molar-refractivity contribution in [3.05, 3.63) is 81.9 Å². The van der Waals surface area contributed by atoms with Crippen LogP contribution in [0.3, 0.4) is 0 Å². The molecule has 4 heterocycles. The summed E-state index contributed by atoms with van der Waals surface area (Å²) in [4.78, 5) is 27.2. The van der Waals surface area contributed by atoms with Gasteiger partial charge in [0.15, 0.2) is 11.5 Å². The second kappa shape index (κ2) is 9.06. The third-order valence-corrected chi connectivity index (χ3v) is 6.25. The van der Waals surface area contributed by atoms with Gasteiger partial charge in [0.1, 0.15) is 11.5 Å². The monoisotopic (exact) mass is 480 g/mol. The van der Waals surface area contributed by atoms with Crippen LogP contribution in [0.15, 0.2) is 54.0 Å². The maximum Gasteiger partial charge on any atom is 0.278 e. The van der Waals surface area contributed by atoms with E-state index >= 15 is 0 Å². The molecule has 4 aromatic rings. The average Bonchev–Trinajstić information content (AvgIpc) is 3.14. The molecule has 2 N–H and O–H groups in total. The van der Waals surface area contributed by atoms with Crippen molar-refractivity contribution in [1.29, 1.82) is 5.26 Å². The standard InChI is InChI=1S/C27H28N8O/c1-5-12-34-25(36)21-16-30-26(31-20-8-6-19-15-29-11-10-17(19)13-20)33-24(21)35(34)22-9-7-18(14-28)23(32-22)27(2,3)4/h5-9,13,16,29H,1,10-12,15H2,2-4H3,(H,30,31,33). The van der Waals surface area contributed by atoms with Gasteiger partial charge in [-0.3, -0.25) is 4.79 Å². The van der Waals surface area contributed by atoms with E-state index in [-0.39, 0.29) is 17.5 Å². The SMILES string of the molecule is C=CCn1c(=O)c2cnc(Nc3ccc4c(c3)CCNC4)nc2n1-c1ccc(C#N)c(C(C)(C)C)n1. The molecular formula is C27H28N8O. The first-order valence-electron chi connectivity index (χ1n) is 11.9. The molecule has 1 aliphatic rings. The van der Waals surface area contributed by atoms with Crippen LogP contribution in [0.25, 0.3) is 16.9 Å². The lowest BCUT2D eigenvalue weighted by atomic mass is 9.88. The Morgan fingerprint density at radius 2 is 2.06 bits per heavy atom. The van der Waals surface area contributed by atoms with Crippen LogP contribution >= 0.6 is 0 Å². The van der Waals surface area contributed by atoms with E-state index < -0.39 is 0 Å². The van der Waals surface area contributed by atoms with E-state index in [1.807, 2.05) is 26.8 Å². The summed E-state index contributed by atoms with van der Waals surface area (Å²) >= 11 is 0. The molecule has 0 unspecified atom stereocenters. The van der Waals surface area contributed by atoms with Crippen LogP contribution in [-0.4, -0.2) is 30.9 Å². The number of hydrogen-bond donors (Lipinski definition) is 2. The fraction of sp³-hybridized carbons (Fsp3) is 0.296. The normalized spacial score (nSPS) is 13.3. The second-order valence-corrected chi connectivity index (χ2v) is 9.88. The van der Waals surface area contributed by atoms with Gasteiger partial charge in [-0.25, -0.2) is 19.3 Å². The largest absolute Gasteiger partial charge is 0.324 e. The van der Waals surface area contributed by atoms with Crippen LogP contribution in [0, 0.1) is 11.3 Å². The molecule has 5 rings (SSSR count). The summed E-state index contributed by atoms with van der Waals surface area (Å²) in [5, 5.41) is 16.7. The highest BCUT2D eigenvalue weighted by Gasteiger charge is 2.23. The van der Waals surface area contributed by atoms with E-state index in [9.17, 15) is 10.1 Å². The minimum atomic E-state index is -0.364. The van der Waals surface area contributed by atoms with Crippen molar-refractivity contribution in [3.63, 3.8) is 0 Å². The highest BCUT2D eigenvalue weighted by atomic mass is 16.1. The van der Waals surface area contributed by atoms with E-state index in [4.69, 9.17) is 9.97 Å². The van der Waals surface area contributed by atoms with Gasteiger partial charge >= 0.3 is 0 Å². The average molecular weight is 481 g/mol. The number of fused-ring (bicyclic) bond motifs is 2. The van der Waals surface area contributed by atoms with Gasteiger partial charge in [-0.2, -0.15) is 10.2 Å². The van der Waals surface area contributed by atoms with Crippen LogP contribution in [0.2, 0.25) is 0 Å². The van der Waals surface area contributed by atoms with Crippen molar-refractivity contribution in [2.24, 2.45) is 0 Å². The summed E-state index contributed by atoms with van der Waals surface area (Å²) in [7, 11) is 0. The van der Waals surface area contributed by atoms with Gasteiger partial charge in [0.25, 0.3) is 5.56 Å². The van der Waals surface area contributed by atoms with E-state index in [0.717, 1.165) is 25.2 Å². The lowest BCUT2D eigenvalue weighted by Crippen LogP contribution is -2.23. The highest BCUT2D eigenvalue weighted by molar-refractivity contribution is 5.77. The number of nitrogens with one attached hydrogen (secondary N) is 2. The molecule has 9 heteroatoms. The molecule has 182 valence electrons. The van der Waals surface area contributed by atoms with E-state index in [2.05, 4.69) is 40.4 Å². The predicted molar refractivity (Wildman–Crippen MR) is 140 cm³/mol. The predicted octanol–water partition coefficient (Wildman–Crippen LogP) is 3.72. The molecule has 3 aromatic heterocycles. The van der Waals surface area contributed by atoms with Gasteiger partial charge in [-0.1, -0.05) is 32.9 Å². The zero-order valence-corrected chi connectivity index (χ0v) is 20.7. The van der Waals surface area contributed by atoms with Crippen molar-refractivity contribution in [2.75, 3.05) is 11.9 Å². The van der Waals surface area contributed by atoms with Crippen LogP contribution < -0.4 is 16.2 Å². The molecule has 0 fully saturated rings. The third-order valence-electron chi connectivity index (χ3n) is 6.25. The Kier molecular flexibility index (Phi) is 5.90. The van der Waals surface area contributed by atoms with Crippen LogP contribution in [-0.2, 0) is 24.9 Å². The van der Waals surface area contributed by atoms with Crippen molar-refractivity contribution >= 4 is 22.7 Å². The molecule has 36 heavy (non-hydrogen) atoms. The topological polar surface area (TPSA) is 113 Å². The molecular weight excluding hydrogens is 452 g/mol. The maximum absolute atomic E-state index is 13.3. The fourth-order valence-corrected chi connectivity index (χ4v) is 4.52. The number of benzene rings is 1. The Morgan fingerprint density at radius 1 is 1.22 bits per heavy atom. The maximum atomic E-state index is 13.3. The van der Waals surface area contributed by atoms with Gasteiger partial charge in [0.05, 0.1) is 17.8 Å². The van der Waals surface area contributed by atoms with Crippen molar-refractivity contribution in [1.82, 2.24) is 29.6 Å². The number of hydrogen-bond acceptors (Lipinski definition) is 7. The zero-order valence-electron chi connectivity index (χ0n) is 20.7. The summed E-state index contributed by atoms with van der Waals surface area (Å²) in [6.45, 7) is 11.9. The Bertz CT molecular complexity index is 1580. The summed E-state index contributed by atoms with van der Waals surface area (Å²) < 4.78 is 3.21. The molecule has 0 saturated carbocycles. The molecule has 9 nitrogen and oxygen atoms in total. The molecule has 0 radical (unpaired) electrons. The highest BCUT2D eigenvalue weighted by Crippen LogP contribution is 2.26. The second-order valence-electron chi connectivity index (χ2n) is 9.88. The number of nitrogens with zero attached hydrogens (tertiary/aromatic N) is 6. The molecule has 0 spiro atoms. The number of aromatic nitrogens is 5. The fourth-order valence-electron chi connectivity index (χ4n) is 4.52. The molecule has 1 aliphatic heterocycles. The van der Waals surface area contributed by atoms with Gasteiger partial charge < -0.3 is 10.6 Å². The van der Waals surface area contributed by atoms with Crippen LogP contribution in [0.4, 0.5) is 11.6 Å². The Balaban J connectivity index is 1.65. The molecule has 0 amide bonds. The van der Waals surface area contributed by atoms with Gasteiger partial charge in [0, 0.05) is 23.8 Å². The Morgan fingerprint density at radius 3 is 2.81 bits per heavy atom. The van der Waals surface area contributed by atoms with Crippen LogP contribution in [0.1, 0.15) is 43.2 Å². The van der Waals surface area contributed by atoms with Gasteiger partial charge in [-0.15, -0.1) is 6.58 Å². The van der Waals surface area contributed by atoms with E-state index in [0.29, 0.717) is 34.1 Å². The summed E-state index contributed by atoms with van der Waals surface area (Å²) in [6, 6.07) is 11.9.